The van der Waals surface area contributed by atoms with Crippen LogP contribution in [0.4, 0.5) is 0 Å². The van der Waals surface area contributed by atoms with Gasteiger partial charge in [0.15, 0.2) is 0 Å². The molecule has 0 bridgehead atoms. The van der Waals surface area contributed by atoms with E-state index in [9.17, 15) is 0 Å². The maximum Gasteiger partial charge on any atom is 0.107 e. The van der Waals surface area contributed by atoms with Crippen molar-refractivity contribution in [2.75, 3.05) is 13.1 Å². The SMILES string of the molecule is CCc1cnc(CNCCNC2CC2)s1. The van der Waals surface area contributed by atoms with E-state index in [1.807, 2.05) is 17.5 Å². The van der Waals surface area contributed by atoms with Crippen molar-refractivity contribution in [2.45, 2.75) is 38.8 Å². The molecule has 0 spiro atoms. The fourth-order valence-electron chi connectivity index (χ4n) is 1.44. The minimum atomic E-state index is 0.818. The highest BCUT2D eigenvalue weighted by Crippen LogP contribution is 2.17. The summed E-state index contributed by atoms with van der Waals surface area (Å²) in [6.45, 7) is 5.20. The zero-order valence-electron chi connectivity index (χ0n) is 9.25. The van der Waals surface area contributed by atoms with Crippen LogP contribution < -0.4 is 10.6 Å². The molecule has 0 radical (unpaired) electrons. The molecule has 1 aliphatic carbocycles. The van der Waals surface area contributed by atoms with Crippen LogP contribution in [0.3, 0.4) is 0 Å². The third-order valence-corrected chi connectivity index (χ3v) is 3.68. The zero-order valence-corrected chi connectivity index (χ0v) is 10.1. The van der Waals surface area contributed by atoms with Crippen molar-refractivity contribution < 1.29 is 0 Å². The first-order chi connectivity index (χ1) is 7.38. The Balaban J connectivity index is 1.56. The fourth-order valence-corrected chi connectivity index (χ4v) is 2.27. The van der Waals surface area contributed by atoms with Crippen molar-refractivity contribution in [1.82, 2.24) is 15.6 Å². The van der Waals surface area contributed by atoms with E-state index in [0.29, 0.717) is 0 Å². The van der Waals surface area contributed by atoms with Gasteiger partial charge in [-0.3, -0.25) is 0 Å². The van der Waals surface area contributed by atoms with Gasteiger partial charge in [0.05, 0.1) is 0 Å². The van der Waals surface area contributed by atoms with Crippen LogP contribution in [0.25, 0.3) is 0 Å². The van der Waals surface area contributed by atoms with Crippen LogP contribution in [-0.4, -0.2) is 24.1 Å². The van der Waals surface area contributed by atoms with Gasteiger partial charge in [0.2, 0.25) is 0 Å². The van der Waals surface area contributed by atoms with E-state index in [1.165, 1.54) is 22.7 Å². The largest absolute Gasteiger partial charge is 0.313 e. The normalized spacial score (nSPS) is 15.8. The summed E-state index contributed by atoms with van der Waals surface area (Å²) in [5, 5.41) is 8.09. The zero-order chi connectivity index (χ0) is 10.5. The Morgan fingerprint density at radius 3 is 3.00 bits per heavy atom. The number of aromatic nitrogens is 1. The average molecular weight is 225 g/mol. The Hall–Kier alpha value is -0.450. The Labute approximate surface area is 95.3 Å². The molecule has 4 heteroatoms. The van der Waals surface area contributed by atoms with Crippen LogP contribution in [0.2, 0.25) is 0 Å². The summed E-state index contributed by atoms with van der Waals surface area (Å²) in [7, 11) is 0. The van der Waals surface area contributed by atoms with Crippen molar-refractivity contribution in [3.8, 4) is 0 Å². The average Bonchev–Trinajstić information content (AvgIpc) is 2.96. The first-order valence-electron chi connectivity index (χ1n) is 5.76. The van der Waals surface area contributed by atoms with Crippen LogP contribution in [-0.2, 0) is 13.0 Å². The van der Waals surface area contributed by atoms with Gasteiger partial charge in [-0.2, -0.15) is 0 Å². The maximum atomic E-state index is 4.37. The number of hydrogen-bond acceptors (Lipinski definition) is 4. The van der Waals surface area contributed by atoms with Crippen molar-refractivity contribution in [2.24, 2.45) is 0 Å². The number of aryl methyl sites for hydroxylation is 1. The summed E-state index contributed by atoms with van der Waals surface area (Å²) in [4.78, 5) is 5.75. The van der Waals surface area contributed by atoms with Gasteiger partial charge < -0.3 is 10.6 Å². The smallest absolute Gasteiger partial charge is 0.107 e. The van der Waals surface area contributed by atoms with Crippen molar-refractivity contribution >= 4 is 11.3 Å². The standard InChI is InChI=1S/C11H19N3S/c1-2-10-7-14-11(15-10)8-12-5-6-13-9-3-4-9/h7,9,12-13H,2-6,8H2,1H3. The van der Waals surface area contributed by atoms with E-state index in [1.54, 1.807) is 0 Å². The summed E-state index contributed by atoms with van der Waals surface area (Å²) < 4.78 is 0. The molecule has 2 N–H and O–H groups in total. The molecule has 0 amide bonds. The summed E-state index contributed by atoms with van der Waals surface area (Å²) in [6.07, 6.45) is 5.82. The summed E-state index contributed by atoms with van der Waals surface area (Å²) in [6, 6.07) is 0.818. The van der Waals surface area contributed by atoms with Gasteiger partial charge in [0.25, 0.3) is 0 Å². The lowest BCUT2D eigenvalue weighted by Crippen LogP contribution is -2.28. The van der Waals surface area contributed by atoms with E-state index in [2.05, 4.69) is 22.5 Å². The molecule has 1 saturated carbocycles. The summed E-state index contributed by atoms with van der Waals surface area (Å²) in [5.41, 5.74) is 0. The Bertz CT molecular complexity index is 294. The van der Waals surface area contributed by atoms with Gasteiger partial charge in [-0.15, -0.1) is 11.3 Å². The molecule has 84 valence electrons. The molecular weight excluding hydrogens is 206 g/mol. The van der Waals surface area contributed by atoms with E-state index in [4.69, 9.17) is 0 Å². The molecule has 3 nitrogen and oxygen atoms in total. The Morgan fingerprint density at radius 1 is 1.47 bits per heavy atom. The quantitative estimate of drug-likeness (QED) is 0.691. The van der Waals surface area contributed by atoms with E-state index in [0.717, 1.165) is 32.1 Å². The van der Waals surface area contributed by atoms with E-state index < -0.39 is 0 Å². The molecule has 1 aliphatic rings. The summed E-state index contributed by atoms with van der Waals surface area (Å²) >= 11 is 1.82. The minimum absolute atomic E-state index is 0.818. The Morgan fingerprint density at radius 2 is 2.33 bits per heavy atom. The van der Waals surface area contributed by atoms with Crippen molar-refractivity contribution in [1.29, 1.82) is 0 Å². The molecule has 0 saturated heterocycles. The number of nitrogens with zero attached hydrogens (tertiary/aromatic N) is 1. The van der Waals surface area contributed by atoms with E-state index in [-0.39, 0.29) is 0 Å². The third-order valence-electron chi connectivity index (χ3n) is 2.54. The first kappa shape index (κ1) is 11.0. The highest BCUT2D eigenvalue weighted by atomic mass is 32.1. The second kappa shape index (κ2) is 5.58. The molecule has 2 rings (SSSR count). The third kappa shape index (κ3) is 3.89. The predicted octanol–water partition coefficient (Wildman–Crippen LogP) is 1.55. The summed E-state index contributed by atoms with van der Waals surface area (Å²) in [5.74, 6) is 0. The molecule has 1 aromatic rings. The first-order valence-corrected chi connectivity index (χ1v) is 6.58. The number of thiazole rings is 1. The van der Waals surface area contributed by atoms with Crippen LogP contribution in [0.1, 0.15) is 29.7 Å². The van der Waals surface area contributed by atoms with Crippen LogP contribution in [0.15, 0.2) is 6.20 Å². The van der Waals surface area contributed by atoms with Gasteiger partial charge in [-0.25, -0.2) is 4.98 Å². The topological polar surface area (TPSA) is 37.0 Å². The van der Waals surface area contributed by atoms with Gasteiger partial charge in [-0.05, 0) is 19.3 Å². The molecule has 1 heterocycles. The van der Waals surface area contributed by atoms with Gasteiger partial charge in [0, 0.05) is 36.8 Å². The minimum Gasteiger partial charge on any atom is -0.313 e. The Kier molecular flexibility index (Phi) is 4.11. The van der Waals surface area contributed by atoms with Crippen LogP contribution in [0.5, 0.6) is 0 Å². The predicted molar refractivity (Wildman–Crippen MR) is 64.2 cm³/mol. The van der Waals surface area contributed by atoms with Crippen LogP contribution in [0, 0.1) is 0 Å². The second-order valence-electron chi connectivity index (χ2n) is 3.98. The van der Waals surface area contributed by atoms with Gasteiger partial charge >= 0.3 is 0 Å². The number of rotatable bonds is 7. The van der Waals surface area contributed by atoms with Gasteiger partial charge in [0.1, 0.15) is 5.01 Å². The lowest BCUT2D eigenvalue weighted by molar-refractivity contribution is 0.607. The van der Waals surface area contributed by atoms with Gasteiger partial charge in [-0.1, -0.05) is 6.92 Å². The highest BCUT2D eigenvalue weighted by molar-refractivity contribution is 7.11. The molecule has 1 aromatic heterocycles. The molecule has 0 atom stereocenters. The fraction of sp³-hybridized carbons (Fsp3) is 0.727. The number of hydrogen-bond donors (Lipinski definition) is 2. The van der Waals surface area contributed by atoms with E-state index >= 15 is 0 Å². The molecular formula is C11H19N3S. The molecule has 0 unspecified atom stereocenters. The molecule has 0 aromatic carbocycles. The monoisotopic (exact) mass is 225 g/mol. The molecule has 0 aliphatic heterocycles. The van der Waals surface area contributed by atoms with Crippen molar-refractivity contribution in [3.05, 3.63) is 16.1 Å². The number of nitrogens with one attached hydrogen (secondary N) is 2. The van der Waals surface area contributed by atoms with Crippen LogP contribution >= 0.6 is 11.3 Å². The molecule has 1 fully saturated rings. The lowest BCUT2D eigenvalue weighted by Gasteiger charge is -2.03. The second-order valence-corrected chi connectivity index (χ2v) is 5.18. The lowest BCUT2D eigenvalue weighted by atomic mass is 10.4. The maximum absolute atomic E-state index is 4.37. The van der Waals surface area contributed by atoms with Crippen molar-refractivity contribution in [3.63, 3.8) is 0 Å². The highest BCUT2D eigenvalue weighted by Gasteiger charge is 2.19. The molecule has 15 heavy (non-hydrogen) atoms.